The number of carbonyl (C=O) groups is 2. The normalized spacial score (nSPS) is 10.1. The Kier molecular flexibility index (Phi) is 3.69. The van der Waals surface area contributed by atoms with Crippen molar-refractivity contribution in [2.75, 3.05) is 19.9 Å². The van der Waals surface area contributed by atoms with E-state index in [1.807, 2.05) is 0 Å². The number of nitrogens with zero attached hydrogens (tertiary/aromatic N) is 2. The van der Waals surface area contributed by atoms with E-state index in [-0.39, 0.29) is 11.6 Å². The van der Waals surface area contributed by atoms with Crippen molar-refractivity contribution in [3.63, 3.8) is 0 Å². The topological polar surface area (TPSA) is 99.2 Å². The van der Waals surface area contributed by atoms with Crippen molar-refractivity contribution in [3.05, 3.63) is 41.7 Å². The predicted octanol–water partition coefficient (Wildman–Crippen LogP) is 0.601. The SMILES string of the molecule is CNC(=O)c1ccn(-c2cc(C(=O)OC)ccc2N)n1. The lowest BCUT2D eigenvalue weighted by Gasteiger charge is -2.07. The second-order valence-electron chi connectivity index (χ2n) is 3.99. The van der Waals surface area contributed by atoms with Crippen LogP contribution in [0.3, 0.4) is 0 Å². The maximum Gasteiger partial charge on any atom is 0.337 e. The lowest BCUT2D eigenvalue weighted by Crippen LogP contribution is -2.18. The summed E-state index contributed by atoms with van der Waals surface area (Å²) >= 11 is 0. The number of hydrogen-bond donors (Lipinski definition) is 2. The summed E-state index contributed by atoms with van der Waals surface area (Å²) in [7, 11) is 2.82. The summed E-state index contributed by atoms with van der Waals surface area (Å²) < 4.78 is 6.09. The molecule has 20 heavy (non-hydrogen) atoms. The maximum atomic E-state index is 11.5. The third-order valence-electron chi connectivity index (χ3n) is 2.75. The van der Waals surface area contributed by atoms with Crippen LogP contribution in [-0.4, -0.2) is 35.8 Å². The average Bonchev–Trinajstić information content (AvgIpc) is 2.95. The number of nitrogens with one attached hydrogen (secondary N) is 1. The van der Waals surface area contributed by atoms with Gasteiger partial charge in [-0.15, -0.1) is 0 Å². The minimum absolute atomic E-state index is 0.260. The van der Waals surface area contributed by atoms with Crippen LogP contribution in [-0.2, 0) is 4.74 Å². The number of nitrogen functional groups attached to an aromatic ring is 1. The Morgan fingerprint density at radius 1 is 1.35 bits per heavy atom. The summed E-state index contributed by atoms with van der Waals surface area (Å²) in [6.45, 7) is 0. The molecule has 0 fully saturated rings. The van der Waals surface area contributed by atoms with Gasteiger partial charge in [0.25, 0.3) is 5.91 Å². The molecule has 0 unspecified atom stereocenters. The number of aromatic nitrogens is 2. The lowest BCUT2D eigenvalue weighted by atomic mass is 10.2. The number of benzene rings is 1. The van der Waals surface area contributed by atoms with Crippen LogP contribution in [0.15, 0.2) is 30.5 Å². The van der Waals surface area contributed by atoms with E-state index in [1.165, 1.54) is 18.8 Å². The Morgan fingerprint density at radius 3 is 2.75 bits per heavy atom. The van der Waals surface area contributed by atoms with Crippen molar-refractivity contribution in [2.45, 2.75) is 0 Å². The van der Waals surface area contributed by atoms with Gasteiger partial charge >= 0.3 is 5.97 Å². The number of esters is 1. The number of hydrogen-bond acceptors (Lipinski definition) is 5. The van der Waals surface area contributed by atoms with Gasteiger partial charge in [-0.2, -0.15) is 5.10 Å². The highest BCUT2D eigenvalue weighted by Crippen LogP contribution is 2.19. The third-order valence-corrected chi connectivity index (χ3v) is 2.75. The molecular weight excluding hydrogens is 260 g/mol. The van der Waals surface area contributed by atoms with Crippen LogP contribution >= 0.6 is 0 Å². The van der Waals surface area contributed by atoms with Gasteiger partial charge in [0.2, 0.25) is 0 Å². The molecule has 1 heterocycles. The fourth-order valence-electron chi connectivity index (χ4n) is 1.69. The van der Waals surface area contributed by atoms with Crippen LogP contribution < -0.4 is 11.1 Å². The molecule has 0 spiro atoms. The van der Waals surface area contributed by atoms with Crippen molar-refractivity contribution in [3.8, 4) is 5.69 Å². The molecule has 2 rings (SSSR count). The predicted molar refractivity (Wildman–Crippen MR) is 72.7 cm³/mol. The summed E-state index contributed by atoms with van der Waals surface area (Å²) in [6, 6.07) is 6.27. The average molecular weight is 274 g/mol. The van der Waals surface area contributed by atoms with Crippen molar-refractivity contribution < 1.29 is 14.3 Å². The van der Waals surface area contributed by atoms with Crippen LogP contribution in [0.4, 0.5) is 5.69 Å². The van der Waals surface area contributed by atoms with E-state index in [0.717, 1.165) is 0 Å². The summed E-state index contributed by atoms with van der Waals surface area (Å²) in [5, 5.41) is 6.59. The van der Waals surface area contributed by atoms with Gasteiger partial charge in [0.05, 0.1) is 24.0 Å². The molecular formula is C13H14N4O3. The van der Waals surface area contributed by atoms with Crippen LogP contribution in [0.1, 0.15) is 20.8 Å². The number of methoxy groups -OCH3 is 1. The van der Waals surface area contributed by atoms with Gasteiger partial charge in [0, 0.05) is 13.2 Å². The molecule has 104 valence electrons. The van der Waals surface area contributed by atoms with Gasteiger partial charge in [-0.3, -0.25) is 4.79 Å². The minimum atomic E-state index is -0.468. The molecule has 0 aliphatic carbocycles. The van der Waals surface area contributed by atoms with Gasteiger partial charge in [-0.1, -0.05) is 0 Å². The van der Waals surface area contributed by atoms with E-state index < -0.39 is 5.97 Å². The van der Waals surface area contributed by atoms with E-state index in [0.29, 0.717) is 16.9 Å². The van der Waals surface area contributed by atoms with Gasteiger partial charge < -0.3 is 15.8 Å². The number of rotatable bonds is 3. The molecule has 1 aromatic heterocycles. The molecule has 1 amide bonds. The van der Waals surface area contributed by atoms with Crippen LogP contribution in [0.2, 0.25) is 0 Å². The van der Waals surface area contributed by atoms with Crippen molar-refractivity contribution in [2.24, 2.45) is 0 Å². The third kappa shape index (κ3) is 2.46. The second kappa shape index (κ2) is 5.43. The fraction of sp³-hybridized carbons (Fsp3) is 0.154. The number of ether oxygens (including phenoxy) is 1. The Balaban J connectivity index is 2.44. The maximum absolute atomic E-state index is 11.5. The first kappa shape index (κ1) is 13.6. The Morgan fingerprint density at radius 2 is 2.10 bits per heavy atom. The van der Waals surface area contributed by atoms with Crippen molar-refractivity contribution >= 4 is 17.6 Å². The highest BCUT2D eigenvalue weighted by Gasteiger charge is 2.12. The monoisotopic (exact) mass is 274 g/mol. The first-order valence-electron chi connectivity index (χ1n) is 5.82. The standard InChI is InChI=1S/C13H14N4O3/c1-15-12(18)10-5-6-17(16-10)11-7-8(13(19)20-2)3-4-9(11)14/h3-7H,14H2,1-2H3,(H,15,18). The van der Waals surface area contributed by atoms with E-state index >= 15 is 0 Å². The molecule has 0 aliphatic rings. The molecule has 1 aromatic carbocycles. The molecule has 2 aromatic rings. The zero-order valence-electron chi connectivity index (χ0n) is 11.1. The number of amides is 1. The van der Waals surface area contributed by atoms with E-state index in [2.05, 4.69) is 15.2 Å². The highest BCUT2D eigenvalue weighted by atomic mass is 16.5. The zero-order chi connectivity index (χ0) is 14.7. The Labute approximate surface area is 115 Å². The van der Waals surface area contributed by atoms with E-state index in [4.69, 9.17) is 5.73 Å². The fourth-order valence-corrected chi connectivity index (χ4v) is 1.69. The molecule has 3 N–H and O–H groups in total. The molecule has 0 radical (unpaired) electrons. The van der Waals surface area contributed by atoms with Crippen LogP contribution in [0, 0.1) is 0 Å². The van der Waals surface area contributed by atoms with Gasteiger partial charge in [-0.25, -0.2) is 9.48 Å². The van der Waals surface area contributed by atoms with E-state index in [9.17, 15) is 9.59 Å². The molecule has 0 saturated carbocycles. The minimum Gasteiger partial charge on any atom is -0.465 e. The number of carbonyl (C=O) groups excluding carboxylic acids is 2. The van der Waals surface area contributed by atoms with Crippen molar-refractivity contribution in [1.29, 1.82) is 0 Å². The zero-order valence-corrected chi connectivity index (χ0v) is 11.1. The summed E-state index contributed by atoms with van der Waals surface area (Å²) in [4.78, 5) is 23.0. The lowest BCUT2D eigenvalue weighted by molar-refractivity contribution is 0.0600. The highest BCUT2D eigenvalue weighted by molar-refractivity contribution is 5.92. The smallest absolute Gasteiger partial charge is 0.337 e. The number of nitrogens with two attached hydrogens (primary N) is 1. The van der Waals surface area contributed by atoms with Crippen molar-refractivity contribution in [1.82, 2.24) is 15.1 Å². The summed E-state index contributed by atoms with van der Waals surface area (Å²) in [5.74, 6) is -0.767. The number of anilines is 1. The van der Waals surface area contributed by atoms with Gasteiger partial charge in [-0.05, 0) is 24.3 Å². The quantitative estimate of drug-likeness (QED) is 0.630. The largest absolute Gasteiger partial charge is 0.465 e. The van der Waals surface area contributed by atoms with Gasteiger partial charge in [0.1, 0.15) is 0 Å². The summed E-state index contributed by atoms with van der Waals surface area (Å²) in [5.41, 5.74) is 7.42. The molecule has 0 atom stereocenters. The first-order chi connectivity index (χ1) is 9.56. The van der Waals surface area contributed by atoms with Gasteiger partial charge in [0.15, 0.2) is 5.69 Å². The van der Waals surface area contributed by atoms with E-state index in [1.54, 1.807) is 30.5 Å². The van der Waals surface area contributed by atoms with Crippen LogP contribution in [0.5, 0.6) is 0 Å². The molecule has 0 saturated heterocycles. The second-order valence-corrected chi connectivity index (χ2v) is 3.99. The molecule has 7 nitrogen and oxygen atoms in total. The molecule has 7 heteroatoms. The Hall–Kier alpha value is -2.83. The summed E-state index contributed by atoms with van der Waals surface area (Å²) in [6.07, 6.45) is 1.59. The molecule has 0 aliphatic heterocycles. The molecule has 0 bridgehead atoms. The van der Waals surface area contributed by atoms with Crippen LogP contribution in [0.25, 0.3) is 5.69 Å². The first-order valence-corrected chi connectivity index (χ1v) is 5.82. The Bertz CT molecular complexity index is 663.